The molecule has 1 aromatic carbocycles. The van der Waals surface area contributed by atoms with E-state index in [1.54, 1.807) is 25.3 Å². The van der Waals surface area contributed by atoms with Crippen molar-refractivity contribution in [2.45, 2.75) is 20.3 Å². The van der Waals surface area contributed by atoms with E-state index in [0.29, 0.717) is 23.5 Å². The predicted molar refractivity (Wildman–Crippen MR) is 78.1 cm³/mol. The van der Waals surface area contributed by atoms with Gasteiger partial charge in [0.2, 0.25) is 0 Å². The molecule has 0 unspecified atom stereocenters. The number of hydrogen-bond acceptors (Lipinski definition) is 4. The molecule has 5 N–H and O–H groups in total. The van der Waals surface area contributed by atoms with E-state index in [2.05, 4.69) is 19.2 Å². The van der Waals surface area contributed by atoms with Crippen LogP contribution in [0.1, 0.15) is 30.6 Å². The van der Waals surface area contributed by atoms with Gasteiger partial charge in [-0.05, 0) is 30.0 Å². The zero-order chi connectivity index (χ0) is 14.5. The molecule has 0 aromatic heterocycles. The van der Waals surface area contributed by atoms with Crippen molar-refractivity contribution in [3.05, 3.63) is 23.8 Å². The summed E-state index contributed by atoms with van der Waals surface area (Å²) in [7, 11) is 1.69. The van der Waals surface area contributed by atoms with Crippen LogP contribution in [0.5, 0.6) is 0 Å². The van der Waals surface area contributed by atoms with Gasteiger partial charge < -0.3 is 21.5 Å². The number of amides is 1. The molecule has 1 rings (SSSR count). The topological polar surface area (TPSA) is 90.4 Å². The van der Waals surface area contributed by atoms with E-state index in [1.807, 2.05) is 0 Å². The summed E-state index contributed by atoms with van der Waals surface area (Å²) < 4.78 is 5.09. The van der Waals surface area contributed by atoms with Gasteiger partial charge in [0.05, 0.1) is 5.56 Å². The average Bonchev–Trinajstić information content (AvgIpc) is 2.35. The number of carbonyl (C=O) groups excluding carboxylic acids is 1. The van der Waals surface area contributed by atoms with Crippen LogP contribution in [0.4, 0.5) is 11.4 Å². The maximum absolute atomic E-state index is 11.4. The van der Waals surface area contributed by atoms with Gasteiger partial charge in [-0.2, -0.15) is 0 Å². The van der Waals surface area contributed by atoms with Gasteiger partial charge >= 0.3 is 0 Å². The van der Waals surface area contributed by atoms with Crippen LogP contribution in [0.2, 0.25) is 0 Å². The summed E-state index contributed by atoms with van der Waals surface area (Å²) in [4.78, 5) is 11.4. The Kier molecular flexibility index (Phi) is 5.18. The molecule has 5 heteroatoms. The number of carbonyl (C=O) groups is 1. The first-order valence-corrected chi connectivity index (χ1v) is 6.28. The lowest BCUT2D eigenvalue weighted by Gasteiger charge is -2.25. The molecule has 0 aliphatic carbocycles. The number of nitrogens with two attached hydrogens (primary N) is 2. The Hall–Kier alpha value is -1.75. The van der Waals surface area contributed by atoms with Gasteiger partial charge in [-0.3, -0.25) is 4.79 Å². The zero-order valence-corrected chi connectivity index (χ0v) is 11.8. The molecule has 0 atom stereocenters. The van der Waals surface area contributed by atoms with Crippen molar-refractivity contribution >= 4 is 17.3 Å². The van der Waals surface area contributed by atoms with Gasteiger partial charge in [-0.25, -0.2) is 0 Å². The van der Waals surface area contributed by atoms with Gasteiger partial charge in [-0.1, -0.05) is 13.8 Å². The molecule has 0 aliphatic heterocycles. The van der Waals surface area contributed by atoms with Crippen molar-refractivity contribution in [3.63, 3.8) is 0 Å². The summed E-state index contributed by atoms with van der Waals surface area (Å²) in [5, 5.41) is 3.26. The second-order valence-electron chi connectivity index (χ2n) is 5.43. The molecular weight excluding hydrogens is 242 g/mol. The molecule has 0 bridgehead atoms. The molecule has 19 heavy (non-hydrogen) atoms. The third kappa shape index (κ3) is 4.79. The normalized spacial score (nSPS) is 11.3. The number of anilines is 2. The maximum atomic E-state index is 11.4. The summed E-state index contributed by atoms with van der Waals surface area (Å²) in [5.41, 5.74) is 12.7. The van der Waals surface area contributed by atoms with Crippen LogP contribution < -0.4 is 16.8 Å². The van der Waals surface area contributed by atoms with Crippen LogP contribution in [0, 0.1) is 5.41 Å². The van der Waals surface area contributed by atoms with Crippen LogP contribution in [0.15, 0.2) is 18.2 Å². The maximum Gasteiger partial charge on any atom is 0.250 e. The number of primary amides is 1. The highest BCUT2D eigenvalue weighted by molar-refractivity contribution is 5.99. The second kappa shape index (κ2) is 6.43. The first kappa shape index (κ1) is 15.3. The van der Waals surface area contributed by atoms with Gasteiger partial charge in [0.25, 0.3) is 5.91 Å². The Labute approximate surface area is 114 Å². The van der Waals surface area contributed by atoms with Crippen molar-refractivity contribution in [3.8, 4) is 0 Å². The summed E-state index contributed by atoms with van der Waals surface area (Å²) in [6, 6.07) is 5.12. The van der Waals surface area contributed by atoms with E-state index >= 15 is 0 Å². The van der Waals surface area contributed by atoms with E-state index in [4.69, 9.17) is 16.2 Å². The molecule has 0 spiro atoms. The molecule has 0 radical (unpaired) electrons. The Bertz CT molecular complexity index is 444. The summed E-state index contributed by atoms with van der Waals surface area (Å²) in [5.74, 6) is -0.482. The molecule has 0 fully saturated rings. The molecule has 0 saturated heterocycles. The fourth-order valence-electron chi connectivity index (χ4n) is 1.72. The van der Waals surface area contributed by atoms with Crippen LogP contribution in [0.25, 0.3) is 0 Å². The van der Waals surface area contributed by atoms with Crippen molar-refractivity contribution < 1.29 is 9.53 Å². The lowest BCUT2D eigenvalue weighted by Crippen LogP contribution is -2.26. The zero-order valence-electron chi connectivity index (χ0n) is 11.8. The number of rotatable bonds is 7. The molecule has 0 heterocycles. The summed E-state index contributed by atoms with van der Waals surface area (Å²) in [6.07, 6.45) is 0.928. The van der Waals surface area contributed by atoms with E-state index in [1.165, 1.54) is 0 Å². The van der Waals surface area contributed by atoms with Gasteiger partial charge in [0.1, 0.15) is 0 Å². The van der Waals surface area contributed by atoms with Crippen LogP contribution in [-0.4, -0.2) is 26.2 Å². The molecule has 1 amide bonds. The van der Waals surface area contributed by atoms with E-state index in [0.717, 1.165) is 13.0 Å². The highest BCUT2D eigenvalue weighted by atomic mass is 16.5. The van der Waals surface area contributed by atoms with Crippen molar-refractivity contribution in [1.29, 1.82) is 0 Å². The Morgan fingerprint density at radius 3 is 2.68 bits per heavy atom. The van der Waals surface area contributed by atoms with E-state index in [-0.39, 0.29) is 5.41 Å². The first-order chi connectivity index (χ1) is 8.85. The largest absolute Gasteiger partial charge is 0.399 e. The molecule has 0 aliphatic rings. The summed E-state index contributed by atoms with van der Waals surface area (Å²) in [6.45, 7) is 5.71. The minimum absolute atomic E-state index is 0.0618. The summed E-state index contributed by atoms with van der Waals surface area (Å²) >= 11 is 0. The number of methoxy groups -OCH3 is 1. The highest BCUT2D eigenvalue weighted by Crippen LogP contribution is 2.24. The Balaban J connectivity index is 2.75. The first-order valence-electron chi connectivity index (χ1n) is 6.28. The van der Waals surface area contributed by atoms with Crippen LogP contribution in [-0.2, 0) is 4.74 Å². The minimum Gasteiger partial charge on any atom is -0.399 e. The van der Waals surface area contributed by atoms with E-state index in [9.17, 15) is 4.79 Å². The molecule has 1 aromatic rings. The molecule has 106 valence electrons. The van der Waals surface area contributed by atoms with Crippen molar-refractivity contribution in [2.24, 2.45) is 11.1 Å². The third-order valence-electron chi connectivity index (χ3n) is 3.05. The van der Waals surface area contributed by atoms with E-state index < -0.39 is 5.91 Å². The number of ether oxygens (including phenoxy) is 1. The second-order valence-corrected chi connectivity index (χ2v) is 5.43. The highest BCUT2D eigenvalue weighted by Gasteiger charge is 2.18. The lowest BCUT2D eigenvalue weighted by atomic mass is 9.89. The molecular formula is C14H23N3O2. The third-order valence-corrected chi connectivity index (χ3v) is 3.05. The van der Waals surface area contributed by atoms with Crippen LogP contribution in [0.3, 0.4) is 0 Å². The monoisotopic (exact) mass is 265 g/mol. The Morgan fingerprint density at radius 1 is 1.42 bits per heavy atom. The predicted octanol–water partition coefficient (Wildman–Crippen LogP) is 1.84. The van der Waals surface area contributed by atoms with Crippen molar-refractivity contribution in [1.82, 2.24) is 0 Å². The lowest BCUT2D eigenvalue weighted by molar-refractivity contribution is 0.100. The molecule has 5 nitrogen and oxygen atoms in total. The number of benzene rings is 1. The SMILES string of the molecule is COCCC(C)(C)CNc1ccc(N)cc1C(N)=O. The van der Waals surface area contributed by atoms with Gasteiger partial charge in [0.15, 0.2) is 0 Å². The fourth-order valence-corrected chi connectivity index (χ4v) is 1.72. The smallest absolute Gasteiger partial charge is 0.250 e. The van der Waals surface area contributed by atoms with Gasteiger partial charge in [0, 0.05) is 31.6 Å². The number of hydrogen-bond donors (Lipinski definition) is 3. The van der Waals surface area contributed by atoms with Crippen LogP contribution >= 0.6 is 0 Å². The quantitative estimate of drug-likeness (QED) is 0.656. The minimum atomic E-state index is -0.482. The number of nitrogen functional groups attached to an aromatic ring is 1. The number of nitrogens with one attached hydrogen (secondary N) is 1. The van der Waals surface area contributed by atoms with Crippen molar-refractivity contribution in [2.75, 3.05) is 31.3 Å². The fraction of sp³-hybridized carbons (Fsp3) is 0.500. The average molecular weight is 265 g/mol. The molecule has 0 saturated carbocycles. The Morgan fingerprint density at radius 2 is 2.11 bits per heavy atom. The standard InChI is InChI=1S/C14H23N3O2/c1-14(2,6-7-19-3)9-17-12-5-4-10(15)8-11(12)13(16)18/h4-5,8,17H,6-7,9,15H2,1-3H3,(H2,16,18). The van der Waals surface area contributed by atoms with Gasteiger partial charge in [-0.15, -0.1) is 0 Å².